The Hall–Kier alpha value is -0.230. The molecule has 2 N–H and O–H groups in total. The van der Waals surface area contributed by atoms with Crippen molar-refractivity contribution in [3.63, 3.8) is 0 Å². The summed E-state index contributed by atoms with van der Waals surface area (Å²) in [6.45, 7) is -0.401. The molecule has 0 bridgehead atoms. The van der Waals surface area contributed by atoms with Gasteiger partial charge in [-0.25, -0.2) is 4.39 Å². The summed E-state index contributed by atoms with van der Waals surface area (Å²) in [5.41, 5.74) is 0. The fourth-order valence-corrected chi connectivity index (χ4v) is 1.03. The first-order valence-corrected chi connectivity index (χ1v) is 3.32. The Labute approximate surface area is 63.5 Å². The summed E-state index contributed by atoms with van der Waals surface area (Å²) in [6, 6.07) is 0. The molecule has 0 aromatic heterocycles. The smallest absolute Gasteiger partial charge is 0.191 e. The fraction of sp³-hybridized carbons (Fsp3) is 1.00. The molecule has 0 aromatic rings. The van der Waals surface area contributed by atoms with E-state index in [1.54, 1.807) is 0 Å². The molecule has 11 heavy (non-hydrogen) atoms. The topological polar surface area (TPSA) is 58.9 Å². The highest BCUT2D eigenvalue weighted by Gasteiger charge is 2.43. The summed E-state index contributed by atoms with van der Waals surface area (Å²) in [4.78, 5) is 0. The van der Waals surface area contributed by atoms with Crippen molar-refractivity contribution < 1.29 is 24.1 Å². The third-order valence-corrected chi connectivity index (χ3v) is 1.69. The molecule has 1 aliphatic heterocycles. The van der Waals surface area contributed by atoms with Crippen LogP contribution in [0.25, 0.3) is 0 Å². The molecule has 0 aliphatic carbocycles. The van der Waals surface area contributed by atoms with E-state index in [0.717, 1.165) is 0 Å². The van der Waals surface area contributed by atoms with Crippen LogP contribution in [0.4, 0.5) is 4.39 Å². The molecule has 4 nitrogen and oxygen atoms in total. The van der Waals surface area contributed by atoms with Crippen LogP contribution in [0.2, 0.25) is 0 Å². The Morgan fingerprint density at radius 2 is 2.27 bits per heavy atom. The Morgan fingerprint density at radius 1 is 1.64 bits per heavy atom. The van der Waals surface area contributed by atoms with Gasteiger partial charge in [-0.2, -0.15) is 0 Å². The molecular formula is C6H11FO4. The van der Waals surface area contributed by atoms with E-state index in [0.29, 0.717) is 0 Å². The molecule has 1 rings (SSSR count). The molecule has 1 aliphatic rings. The summed E-state index contributed by atoms with van der Waals surface area (Å²) in [6.07, 6.45) is -4.78. The third kappa shape index (κ3) is 1.51. The predicted octanol–water partition coefficient (Wildman–Crippen LogP) is -0.951. The first-order chi connectivity index (χ1) is 5.20. The molecule has 0 saturated carbocycles. The van der Waals surface area contributed by atoms with Gasteiger partial charge in [0.05, 0.1) is 6.61 Å². The number of ether oxygens (including phenoxy) is 2. The maximum Gasteiger partial charge on any atom is 0.191 e. The van der Waals surface area contributed by atoms with Crippen LogP contribution >= 0.6 is 0 Å². The fourth-order valence-electron chi connectivity index (χ4n) is 1.03. The summed E-state index contributed by atoms with van der Waals surface area (Å²) >= 11 is 0. The molecule has 1 saturated heterocycles. The van der Waals surface area contributed by atoms with Crippen LogP contribution in [0.5, 0.6) is 0 Å². The van der Waals surface area contributed by atoms with E-state index in [1.807, 2.05) is 0 Å². The SMILES string of the molecule is COC1O[C@@H](CO)[C@H](O)[C@H]1F. The lowest BCUT2D eigenvalue weighted by molar-refractivity contribution is -0.141. The van der Waals surface area contributed by atoms with Crippen molar-refractivity contribution in [1.29, 1.82) is 0 Å². The van der Waals surface area contributed by atoms with Gasteiger partial charge in [0, 0.05) is 7.11 Å². The second-order valence-corrected chi connectivity index (χ2v) is 2.40. The second kappa shape index (κ2) is 3.44. The molecule has 1 heterocycles. The number of alkyl halides is 1. The van der Waals surface area contributed by atoms with Gasteiger partial charge >= 0.3 is 0 Å². The molecule has 66 valence electrons. The van der Waals surface area contributed by atoms with Gasteiger partial charge in [0.1, 0.15) is 12.2 Å². The number of rotatable bonds is 2. The van der Waals surface area contributed by atoms with Crippen LogP contribution in [-0.2, 0) is 9.47 Å². The molecule has 0 radical (unpaired) electrons. The summed E-state index contributed by atoms with van der Waals surface area (Å²) < 4.78 is 22.2. The van der Waals surface area contributed by atoms with E-state index >= 15 is 0 Å². The van der Waals surface area contributed by atoms with Gasteiger partial charge in [-0.05, 0) is 0 Å². The normalized spacial score (nSPS) is 44.7. The Kier molecular flexibility index (Phi) is 2.78. The van der Waals surface area contributed by atoms with Crippen molar-refractivity contribution in [2.75, 3.05) is 13.7 Å². The zero-order valence-electron chi connectivity index (χ0n) is 6.11. The van der Waals surface area contributed by atoms with Crippen molar-refractivity contribution in [3.8, 4) is 0 Å². The first-order valence-electron chi connectivity index (χ1n) is 3.32. The molecule has 0 spiro atoms. The quantitative estimate of drug-likeness (QED) is 0.555. The van der Waals surface area contributed by atoms with E-state index in [-0.39, 0.29) is 0 Å². The lowest BCUT2D eigenvalue weighted by Crippen LogP contribution is -2.31. The number of hydrogen-bond donors (Lipinski definition) is 2. The van der Waals surface area contributed by atoms with E-state index in [1.165, 1.54) is 7.11 Å². The third-order valence-electron chi connectivity index (χ3n) is 1.69. The second-order valence-electron chi connectivity index (χ2n) is 2.40. The van der Waals surface area contributed by atoms with Crippen molar-refractivity contribution in [2.45, 2.75) is 24.7 Å². The molecule has 5 heteroatoms. The molecule has 0 aromatic carbocycles. The van der Waals surface area contributed by atoms with Crippen molar-refractivity contribution >= 4 is 0 Å². The van der Waals surface area contributed by atoms with Gasteiger partial charge < -0.3 is 19.7 Å². The van der Waals surface area contributed by atoms with Crippen LogP contribution in [0, 0.1) is 0 Å². The number of methoxy groups -OCH3 is 1. The molecular weight excluding hydrogens is 155 g/mol. The van der Waals surface area contributed by atoms with Gasteiger partial charge in [-0.1, -0.05) is 0 Å². The minimum absolute atomic E-state index is 0.401. The van der Waals surface area contributed by atoms with Crippen molar-refractivity contribution in [1.82, 2.24) is 0 Å². The minimum atomic E-state index is -1.57. The Balaban J connectivity index is 2.53. The van der Waals surface area contributed by atoms with Gasteiger partial charge in [0.25, 0.3) is 0 Å². The number of aliphatic hydroxyl groups is 2. The van der Waals surface area contributed by atoms with Crippen LogP contribution in [0.1, 0.15) is 0 Å². The molecule has 1 unspecified atom stereocenters. The zero-order valence-corrected chi connectivity index (χ0v) is 6.11. The molecule has 1 fully saturated rings. The first kappa shape index (κ1) is 8.86. The lowest BCUT2D eigenvalue weighted by atomic mass is 10.2. The standard InChI is InChI=1S/C6H11FO4/c1-10-6-4(7)5(9)3(2-8)11-6/h3-6,8-9H,2H2,1H3/t3-,4+,5-,6?/m0/s1. The maximum atomic E-state index is 12.8. The van der Waals surface area contributed by atoms with Crippen LogP contribution in [-0.4, -0.2) is 48.6 Å². The van der Waals surface area contributed by atoms with Crippen LogP contribution in [0.3, 0.4) is 0 Å². The lowest BCUT2D eigenvalue weighted by Gasteiger charge is -2.09. The summed E-state index contributed by atoms with van der Waals surface area (Å²) in [5, 5.41) is 17.6. The average molecular weight is 166 g/mol. The van der Waals surface area contributed by atoms with Gasteiger partial charge in [-0.3, -0.25) is 0 Å². The monoisotopic (exact) mass is 166 g/mol. The Morgan fingerprint density at radius 3 is 2.55 bits per heavy atom. The van der Waals surface area contributed by atoms with E-state index in [4.69, 9.17) is 14.9 Å². The zero-order chi connectivity index (χ0) is 8.43. The largest absolute Gasteiger partial charge is 0.394 e. The van der Waals surface area contributed by atoms with Crippen molar-refractivity contribution in [2.24, 2.45) is 0 Å². The van der Waals surface area contributed by atoms with E-state index in [9.17, 15) is 4.39 Å². The van der Waals surface area contributed by atoms with Gasteiger partial charge in [0.2, 0.25) is 0 Å². The summed E-state index contributed by atoms with van der Waals surface area (Å²) in [5.74, 6) is 0. The van der Waals surface area contributed by atoms with Gasteiger partial charge in [0.15, 0.2) is 12.5 Å². The number of halogens is 1. The van der Waals surface area contributed by atoms with Crippen LogP contribution in [0.15, 0.2) is 0 Å². The molecule has 4 atom stereocenters. The van der Waals surface area contributed by atoms with E-state index < -0.39 is 31.3 Å². The number of aliphatic hydroxyl groups excluding tert-OH is 2. The highest BCUT2D eigenvalue weighted by Crippen LogP contribution is 2.23. The number of hydrogen-bond acceptors (Lipinski definition) is 4. The summed E-state index contributed by atoms with van der Waals surface area (Å²) in [7, 11) is 1.28. The predicted molar refractivity (Wildman–Crippen MR) is 33.7 cm³/mol. The highest BCUT2D eigenvalue weighted by atomic mass is 19.1. The minimum Gasteiger partial charge on any atom is -0.394 e. The van der Waals surface area contributed by atoms with Gasteiger partial charge in [-0.15, -0.1) is 0 Å². The van der Waals surface area contributed by atoms with Crippen LogP contribution < -0.4 is 0 Å². The van der Waals surface area contributed by atoms with E-state index in [2.05, 4.69) is 4.74 Å². The average Bonchev–Trinajstić information content (AvgIpc) is 2.30. The molecule has 0 amide bonds. The highest BCUT2D eigenvalue weighted by molar-refractivity contribution is 4.86. The maximum absolute atomic E-state index is 12.8. The van der Waals surface area contributed by atoms with Crippen molar-refractivity contribution in [3.05, 3.63) is 0 Å². The Bertz CT molecular complexity index is 114.